The summed E-state index contributed by atoms with van der Waals surface area (Å²) >= 11 is 1.10. The van der Waals surface area contributed by atoms with E-state index < -0.39 is 38.2 Å². The highest BCUT2D eigenvalue weighted by Crippen LogP contribution is 2.69. The van der Waals surface area contributed by atoms with E-state index in [-0.39, 0.29) is 28.5 Å². The molecule has 1 aromatic rings. The zero-order valence-corrected chi connectivity index (χ0v) is 25.9. The van der Waals surface area contributed by atoms with Crippen molar-refractivity contribution >= 4 is 32.9 Å². The highest BCUT2D eigenvalue weighted by molar-refractivity contribution is 8.14. The molecule has 2 aliphatic carbocycles. The van der Waals surface area contributed by atoms with Gasteiger partial charge in [-0.2, -0.15) is 4.31 Å². The largest absolute Gasteiger partial charge is 0.456 e. The van der Waals surface area contributed by atoms with Gasteiger partial charge in [0, 0.05) is 22.7 Å². The van der Waals surface area contributed by atoms with Gasteiger partial charge in [-0.3, -0.25) is 4.79 Å². The van der Waals surface area contributed by atoms with E-state index in [1.165, 1.54) is 0 Å². The van der Waals surface area contributed by atoms with Gasteiger partial charge in [0.1, 0.15) is 11.7 Å². The van der Waals surface area contributed by atoms with E-state index in [0.29, 0.717) is 17.0 Å². The third-order valence-corrected chi connectivity index (χ3v) is 12.2. The standard InChI is InChI=1S/C29H45NO6S2/c1-18(2)30(19(3)4)38(34,35)17-29-15-14-22(28(29,8)9)16-23(29)37-26(33)24(31)20-10-12-21(13-11-20)25(32)36-27(5,6)7/h10-13,18-19,22-24,31H,14-17H2,1-9H3/t22-,23-,24-,29-/m1/s1. The number of aliphatic hydroxyl groups is 1. The fraction of sp³-hybridized carbons (Fsp3) is 0.724. The van der Waals surface area contributed by atoms with Crippen molar-refractivity contribution in [2.45, 2.75) is 111 Å². The maximum Gasteiger partial charge on any atom is 0.338 e. The van der Waals surface area contributed by atoms with Crippen LogP contribution in [0.15, 0.2) is 24.3 Å². The summed E-state index contributed by atoms with van der Waals surface area (Å²) in [5.41, 5.74) is -0.683. The quantitative estimate of drug-likeness (QED) is 0.389. The van der Waals surface area contributed by atoms with Crippen molar-refractivity contribution in [2.75, 3.05) is 5.75 Å². The van der Waals surface area contributed by atoms with Crippen LogP contribution in [-0.4, -0.2) is 57.6 Å². The van der Waals surface area contributed by atoms with Gasteiger partial charge in [-0.15, -0.1) is 0 Å². The van der Waals surface area contributed by atoms with Gasteiger partial charge in [0.05, 0.1) is 11.3 Å². The molecule has 0 aliphatic heterocycles. The summed E-state index contributed by atoms with van der Waals surface area (Å²) in [6, 6.07) is 5.91. The van der Waals surface area contributed by atoms with Gasteiger partial charge in [0.2, 0.25) is 15.1 Å². The number of benzene rings is 1. The smallest absolute Gasteiger partial charge is 0.338 e. The summed E-state index contributed by atoms with van der Waals surface area (Å²) < 4.78 is 34.5. The summed E-state index contributed by atoms with van der Waals surface area (Å²) in [4.78, 5) is 25.6. The highest BCUT2D eigenvalue weighted by atomic mass is 32.2. The Morgan fingerprint density at radius 3 is 2.13 bits per heavy atom. The zero-order chi connectivity index (χ0) is 28.8. The zero-order valence-electron chi connectivity index (χ0n) is 24.3. The van der Waals surface area contributed by atoms with Crippen LogP contribution in [0, 0.1) is 16.7 Å². The van der Waals surface area contributed by atoms with Crippen LogP contribution in [0.1, 0.15) is 104 Å². The van der Waals surface area contributed by atoms with Crippen molar-refractivity contribution in [3.63, 3.8) is 0 Å². The molecule has 2 aliphatic rings. The molecule has 2 fully saturated rings. The molecule has 2 bridgehead atoms. The molecule has 214 valence electrons. The molecule has 1 N–H and O–H groups in total. The summed E-state index contributed by atoms with van der Waals surface area (Å²) in [5, 5.41) is 10.3. The Bertz CT molecular complexity index is 1130. The fourth-order valence-corrected chi connectivity index (χ4v) is 11.1. The molecule has 0 radical (unpaired) electrons. The molecule has 0 amide bonds. The molecule has 0 aromatic heterocycles. The first-order valence-corrected chi connectivity index (χ1v) is 16.0. The Hall–Kier alpha value is -1.42. The van der Waals surface area contributed by atoms with Gasteiger partial charge in [0.15, 0.2) is 0 Å². The Morgan fingerprint density at radius 2 is 1.66 bits per heavy atom. The second-order valence-electron chi connectivity index (χ2n) is 13.1. The molecule has 1 aromatic carbocycles. The lowest BCUT2D eigenvalue weighted by atomic mass is 9.70. The topological polar surface area (TPSA) is 101 Å². The molecule has 2 saturated carbocycles. The van der Waals surface area contributed by atoms with E-state index in [9.17, 15) is 23.1 Å². The number of thioether (sulfide) groups is 1. The average Bonchev–Trinajstić information content (AvgIpc) is 3.11. The lowest BCUT2D eigenvalue weighted by molar-refractivity contribution is -0.118. The number of carbonyl (C=O) groups excluding carboxylic acids is 2. The number of hydrogen-bond acceptors (Lipinski definition) is 7. The van der Waals surface area contributed by atoms with Crippen LogP contribution in [0.25, 0.3) is 0 Å². The molecule has 7 nitrogen and oxygen atoms in total. The van der Waals surface area contributed by atoms with Crippen LogP contribution in [0.2, 0.25) is 0 Å². The van der Waals surface area contributed by atoms with Crippen LogP contribution in [0.4, 0.5) is 0 Å². The normalized spacial score (nSPS) is 25.8. The van der Waals surface area contributed by atoms with Gasteiger partial charge in [-0.25, -0.2) is 13.2 Å². The number of ether oxygens (including phenoxy) is 1. The van der Waals surface area contributed by atoms with Crippen LogP contribution >= 0.6 is 11.8 Å². The second kappa shape index (κ2) is 10.9. The molecule has 0 unspecified atom stereocenters. The molecule has 0 heterocycles. The van der Waals surface area contributed by atoms with E-state index in [4.69, 9.17) is 4.74 Å². The molecular formula is C29H45NO6S2. The van der Waals surface area contributed by atoms with Crippen LogP contribution in [0.3, 0.4) is 0 Å². The van der Waals surface area contributed by atoms with Crippen molar-refractivity contribution in [1.29, 1.82) is 0 Å². The van der Waals surface area contributed by atoms with Crippen LogP contribution in [-0.2, 0) is 19.6 Å². The first kappa shape index (κ1) is 31.1. The third-order valence-electron chi connectivity index (χ3n) is 8.48. The first-order valence-electron chi connectivity index (χ1n) is 13.6. The molecule has 0 spiro atoms. The van der Waals surface area contributed by atoms with E-state index in [1.807, 2.05) is 27.7 Å². The van der Waals surface area contributed by atoms with Gasteiger partial charge >= 0.3 is 5.97 Å². The summed E-state index contributed by atoms with van der Waals surface area (Å²) in [7, 11) is -3.58. The Labute approximate surface area is 233 Å². The lowest BCUT2D eigenvalue weighted by Gasteiger charge is -2.44. The average molecular weight is 568 g/mol. The SMILES string of the molecule is CC(C)N(C(C)C)S(=O)(=O)C[C@]12CC[C@H](C[C@H]1SC(=O)[C@H](O)c1ccc(C(=O)OC(C)(C)C)cc1)C2(C)C. The summed E-state index contributed by atoms with van der Waals surface area (Å²) in [6.07, 6.45) is 1.09. The predicted molar refractivity (Wildman–Crippen MR) is 152 cm³/mol. The maximum absolute atomic E-state index is 13.7. The monoisotopic (exact) mass is 567 g/mol. The number of carbonyl (C=O) groups is 2. The second-order valence-corrected chi connectivity index (χ2v) is 16.2. The Balaban J connectivity index is 1.81. The number of aliphatic hydroxyl groups excluding tert-OH is 1. The highest BCUT2D eigenvalue weighted by Gasteiger charge is 2.66. The molecule has 0 saturated heterocycles. The van der Waals surface area contributed by atoms with E-state index >= 15 is 0 Å². The Morgan fingerprint density at radius 1 is 1.11 bits per heavy atom. The first-order chi connectivity index (χ1) is 17.3. The molecule has 9 heteroatoms. The number of nitrogens with zero attached hydrogens (tertiary/aromatic N) is 1. The van der Waals surface area contributed by atoms with Gasteiger partial charge in [0.25, 0.3) is 0 Å². The summed E-state index contributed by atoms with van der Waals surface area (Å²) in [6.45, 7) is 17.2. The van der Waals surface area contributed by atoms with Gasteiger partial charge in [-0.1, -0.05) is 37.7 Å². The Kier molecular flexibility index (Phi) is 8.89. The number of esters is 1. The number of hydrogen-bond donors (Lipinski definition) is 1. The molecular weight excluding hydrogens is 522 g/mol. The maximum atomic E-state index is 13.7. The van der Waals surface area contributed by atoms with Crippen molar-refractivity contribution in [3.8, 4) is 0 Å². The third kappa shape index (κ3) is 6.01. The predicted octanol–water partition coefficient (Wildman–Crippen LogP) is 5.58. The fourth-order valence-electron chi connectivity index (χ4n) is 6.62. The van der Waals surface area contributed by atoms with Crippen LogP contribution < -0.4 is 0 Å². The van der Waals surface area contributed by atoms with E-state index in [2.05, 4.69) is 13.8 Å². The van der Waals surface area contributed by atoms with Gasteiger partial charge < -0.3 is 9.84 Å². The molecule has 38 heavy (non-hydrogen) atoms. The lowest BCUT2D eigenvalue weighted by Crippen LogP contribution is -2.51. The van der Waals surface area contributed by atoms with Crippen molar-refractivity contribution < 1.29 is 27.9 Å². The minimum atomic E-state index is -3.58. The van der Waals surface area contributed by atoms with E-state index in [1.54, 1.807) is 49.3 Å². The summed E-state index contributed by atoms with van der Waals surface area (Å²) in [5.74, 6) is -0.130. The molecule has 4 atom stereocenters. The number of fused-ring (bicyclic) bond motifs is 2. The molecule has 3 rings (SSSR count). The van der Waals surface area contributed by atoms with Crippen molar-refractivity contribution in [1.82, 2.24) is 4.31 Å². The van der Waals surface area contributed by atoms with E-state index in [0.717, 1.165) is 31.0 Å². The number of rotatable bonds is 9. The number of sulfonamides is 1. The van der Waals surface area contributed by atoms with Crippen molar-refractivity contribution in [3.05, 3.63) is 35.4 Å². The van der Waals surface area contributed by atoms with Crippen molar-refractivity contribution in [2.24, 2.45) is 16.7 Å². The minimum Gasteiger partial charge on any atom is -0.456 e. The van der Waals surface area contributed by atoms with Gasteiger partial charge in [-0.05, 0) is 96.8 Å². The minimum absolute atomic E-state index is 0.00544. The van der Waals surface area contributed by atoms with Crippen LogP contribution in [0.5, 0.6) is 0 Å².